The highest BCUT2D eigenvalue weighted by molar-refractivity contribution is 4.34. The molecular formula is C9H21NO3. The fourth-order valence-corrected chi connectivity index (χ4v) is 0.770. The topological polar surface area (TPSA) is 53.7 Å². The molecule has 0 aromatic heterocycles. The third-order valence-corrected chi connectivity index (χ3v) is 1.50. The van der Waals surface area contributed by atoms with E-state index in [4.69, 9.17) is 19.9 Å². The minimum absolute atomic E-state index is 0.260. The summed E-state index contributed by atoms with van der Waals surface area (Å²) in [5.41, 5.74) is 5.12. The van der Waals surface area contributed by atoms with Gasteiger partial charge in [0.15, 0.2) is 0 Å². The first-order valence-electron chi connectivity index (χ1n) is 4.85. The molecule has 0 aliphatic rings. The molecule has 0 aromatic rings. The van der Waals surface area contributed by atoms with Gasteiger partial charge < -0.3 is 19.9 Å². The van der Waals surface area contributed by atoms with Crippen molar-refractivity contribution in [1.82, 2.24) is 0 Å². The van der Waals surface area contributed by atoms with E-state index in [1.807, 2.05) is 0 Å². The van der Waals surface area contributed by atoms with Gasteiger partial charge in [-0.25, -0.2) is 0 Å². The van der Waals surface area contributed by atoms with Crippen LogP contribution in [0.4, 0.5) is 0 Å². The van der Waals surface area contributed by atoms with Gasteiger partial charge in [0.2, 0.25) is 0 Å². The number of hydrogen-bond donors (Lipinski definition) is 1. The third kappa shape index (κ3) is 11.8. The molecule has 4 nitrogen and oxygen atoms in total. The average molecular weight is 191 g/mol. The lowest BCUT2D eigenvalue weighted by molar-refractivity contribution is 0.0152. The predicted octanol–water partition coefficient (Wildman–Crippen LogP) is 0.752. The summed E-state index contributed by atoms with van der Waals surface area (Å²) in [6.07, 6.45) is 2.29. The Kier molecular flexibility index (Phi) is 11.7. The van der Waals surface area contributed by atoms with Crippen LogP contribution in [-0.4, -0.2) is 39.8 Å². The number of unbranched alkanes of at least 4 members (excludes halogenated alkanes) is 1. The summed E-state index contributed by atoms with van der Waals surface area (Å²) in [6.45, 7) is 5.69. The zero-order chi connectivity index (χ0) is 9.78. The Labute approximate surface area is 80.3 Å². The zero-order valence-corrected chi connectivity index (χ0v) is 8.46. The van der Waals surface area contributed by atoms with Crippen LogP contribution < -0.4 is 5.73 Å². The highest BCUT2D eigenvalue weighted by Gasteiger charge is 1.89. The van der Waals surface area contributed by atoms with E-state index in [-0.39, 0.29) is 6.73 Å². The van der Waals surface area contributed by atoms with Crippen molar-refractivity contribution in [2.75, 3.05) is 39.8 Å². The molecule has 0 atom stereocenters. The average Bonchev–Trinajstić information content (AvgIpc) is 2.16. The van der Waals surface area contributed by atoms with Gasteiger partial charge in [-0.2, -0.15) is 0 Å². The maximum atomic E-state index is 5.29. The van der Waals surface area contributed by atoms with Gasteiger partial charge in [-0.05, 0) is 6.42 Å². The maximum absolute atomic E-state index is 5.29. The standard InChI is InChI=1S/C9H21NO3/c1-2-3-4-11-5-6-12-7-8-13-9-10/h2-10H2,1H3. The largest absolute Gasteiger partial charge is 0.379 e. The van der Waals surface area contributed by atoms with Crippen LogP contribution in [0.2, 0.25) is 0 Å². The normalized spacial score (nSPS) is 10.6. The quantitative estimate of drug-likeness (QED) is 0.409. The molecule has 4 heteroatoms. The Morgan fingerprint density at radius 3 is 1.92 bits per heavy atom. The van der Waals surface area contributed by atoms with Crippen molar-refractivity contribution < 1.29 is 14.2 Å². The van der Waals surface area contributed by atoms with Gasteiger partial charge in [-0.15, -0.1) is 0 Å². The van der Waals surface area contributed by atoms with Crippen LogP contribution in [-0.2, 0) is 14.2 Å². The number of rotatable bonds is 10. The molecule has 0 fully saturated rings. The van der Waals surface area contributed by atoms with E-state index in [1.54, 1.807) is 0 Å². The van der Waals surface area contributed by atoms with Gasteiger partial charge in [-0.1, -0.05) is 13.3 Å². The number of ether oxygens (including phenoxy) is 3. The monoisotopic (exact) mass is 191 g/mol. The first kappa shape index (κ1) is 12.8. The smallest absolute Gasteiger partial charge is 0.0941 e. The van der Waals surface area contributed by atoms with Gasteiger partial charge in [-0.3, -0.25) is 0 Å². The molecule has 0 aromatic carbocycles. The molecule has 0 saturated carbocycles. The number of hydrogen-bond acceptors (Lipinski definition) is 4. The lowest BCUT2D eigenvalue weighted by Gasteiger charge is -2.04. The molecule has 0 spiro atoms. The van der Waals surface area contributed by atoms with Crippen molar-refractivity contribution in [2.45, 2.75) is 19.8 Å². The molecule has 80 valence electrons. The second-order valence-corrected chi connectivity index (χ2v) is 2.65. The zero-order valence-electron chi connectivity index (χ0n) is 8.46. The fourth-order valence-electron chi connectivity index (χ4n) is 0.770. The summed E-state index contributed by atoms with van der Waals surface area (Å²) < 4.78 is 15.4. The molecule has 0 rings (SSSR count). The number of nitrogens with two attached hydrogens (primary N) is 1. The van der Waals surface area contributed by atoms with Gasteiger partial charge >= 0.3 is 0 Å². The summed E-state index contributed by atoms with van der Waals surface area (Å²) in [7, 11) is 0. The Morgan fingerprint density at radius 2 is 1.38 bits per heavy atom. The highest BCUT2D eigenvalue weighted by atomic mass is 16.5. The molecule has 0 heterocycles. The fraction of sp³-hybridized carbons (Fsp3) is 1.00. The van der Waals surface area contributed by atoms with Crippen LogP contribution in [0.5, 0.6) is 0 Å². The van der Waals surface area contributed by atoms with Gasteiger partial charge in [0.1, 0.15) is 0 Å². The molecule has 0 aliphatic heterocycles. The third-order valence-electron chi connectivity index (χ3n) is 1.50. The second kappa shape index (κ2) is 11.8. The first-order chi connectivity index (χ1) is 6.41. The highest BCUT2D eigenvalue weighted by Crippen LogP contribution is 1.87. The first-order valence-corrected chi connectivity index (χ1v) is 4.85. The summed E-state index contributed by atoms with van der Waals surface area (Å²) in [5, 5.41) is 0. The molecule has 0 bridgehead atoms. The SMILES string of the molecule is CCCCOCCOCCOCN. The molecular weight excluding hydrogens is 170 g/mol. The molecule has 0 amide bonds. The van der Waals surface area contributed by atoms with Gasteiger partial charge in [0.25, 0.3) is 0 Å². The molecule has 0 unspecified atom stereocenters. The second-order valence-electron chi connectivity index (χ2n) is 2.65. The van der Waals surface area contributed by atoms with Crippen molar-refractivity contribution in [2.24, 2.45) is 5.73 Å². The summed E-state index contributed by atoms with van der Waals surface area (Å²) in [5.74, 6) is 0. The van der Waals surface area contributed by atoms with Crippen molar-refractivity contribution in [3.63, 3.8) is 0 Å². The van der Waals surface area contributed by atoms with Crippen LogP contribution in [0.3, 0.4) is 0 Å². The maximum Gasteiger partial charge on any atom is 0.0941 e. The van der Waals surface area contributed by atoms with Crippen LogP contribution in [0.25, 0.3) is 0 Å². The summed E-state index contributed by atoms with van der Waals surface area (Å²) in [4.78, 5) is 0. The molecule has 2 N–H and O–H groups in total. The van der Waals surface area contributed by atoms with Crippen molar-refractivity contribution >= 4 is 0 Å². The van der Waals surface area contributed by atoms with E-state index in [0.29, 0.717) is 26.4 Å². The van der Waals surface area contributed by atoms with Crippen LogP contribution in [0.15, 0.2) is 0 Å². The van der Waals surface area contributed by atoms with Crippen molar-refractivity contribution in [3.8, 4) is 0 Å². The van der Waals surface area contributed by atoms with Crippen molar-refractivity contribution in [3.05, 3.63) is 0 Å². The van der Waals surface area contributed by atoms with Crippen molar-refractivity contribution in [1.29, 1.82) is 0 Å². The van der Waals surface area contributed by atoms with Crippen LogP contribution in [0.1, 0.15) is 19.8 Å². The lowest BCUT2D eigenvalue weighted by atomic mass is 10.4. The van der Waals surface area contributed by atoms with Gasteiger partial charge in [0.05, 0.1) is 33.2 Å². The molecule has 0 aliphatic carbocycles. The van der Waals surface area contributed by atoms with E-state index in [2.05, 4.69) is 6.92 Å². The Morgan fingerprint density at radius 1 is 0.846 bits per heavy atom. The van der Waals surface area contributed by atoms with E-state index < -0.39 is 0 Å². The molecule has 0 radical (unpaired) electrons. The Bertz CT molecular complexity index is 80.9. The minimum Gasteiger partial charge on any atom is -0.379 e. The predicted molar refractivity (Wildman–Crippen MR) is 51.6 cm³/mol. The van der Waals surface area contributed by atoms with E-state index in [0.717, 1.165) is 13.0 Å². The van der Waals surface area contributed by atoms with Gasteiger partial charge in [0, 0.05) is 6.61 Å². The minimum atomic E-state index is 0.260. The Hall–Kier alpha value is -0.160. The van der Waals surface area contributed by atoms with Crippen LogP contribution >= 0.6 is 0 Å². The lowest BCUT2D eigenvalue weighted by Crippen LogP contribution is -2.12. The molecule has 13 heavy (non-hydrogen) atoms. The van der Waals surface area contributed by atoms with Crippen LogP contribution in [0, 0.1) is 0 Å². The Balaban J connectivity index is 2.76. The van der Waals surface area contributed by atoms with E-state index in [9.17, 15) is 0 Å². The molecule has 0 saturated heterocycles. The summed E-state index contributed by atoms with van der Waals surface area (Å²) in [6, 6.07) is 0. The summed E-state index contributed by atoms with van der Waals surface area (Å²) >= 11 is 0. The van der Waals surface area contributed by atoms with E-state index in [1.165, 1.54) is 6.42 Å². The van der Waals surface area contributed by atoms with E-state index >= 15 is 0 Å².